The number of para-hydroxylation sites is 1. The van der Waals surface area contributed by atoms with Crippen LogP contribution in [0.1, 0.15) is 23.3 Å². The molecule has 0 radical (unpaired) electrons. The van der Waals surface area contributed by atoms with Crippen molar-refractivity contribution in [3.05, 3.63) is 64.6 Å². The SMILES string of the molecule is COC(=O)c1ccc2c(c1)oc(=O)n2C(C)C(=O)Nc1ccccc1. The van der Waals surface area contributed by atoms with Crippen LogP contribution in [-0.2, 0) is 9.53 Å². The molecular weight excluding hydrogens is 324 g/mol. The number of benzene rings is 2. The number of anilines is 1. The molecule has 0 aliphatic carbocycles. The molecule has 1 atom stereocenters. The minimum atomic E-state index is -0.794. The van der Waals surface area contributed by atoms with E-state index in [1.165, 1.54) is 23.8 Å². The molecule has 25 heavy (non-hydrogen) atoms. The highest BCUT2D eigenvalue weighted by Crippen LogP contribution is 2.20. The van der Waals surface area contributed by atoms with Crippen molar-refractivity contribution in [1.82, 2.24) is 4.57 Å². The van der Waals surface area contributed by atoms with Crippen LogP contribution < -0.4 is 11.1 Å². The Kier molecular flexibility index (Phi) is 4.38. The second-order valence-electron chi connectivity index (χ2n) is 5.44. The molecule has 0 saturated carbocycles. The van der Waals surface area contributed by atoms with Gasteiger partial charge in [-0.05, 0) is 37.3 Å². The van der Waals surface area contributed by atoms with Crippen molar-refractivity contribution >= 4 is 28.7 Å². The molecule has 1 aromatic heterocycles. The summed E-state index contributed by atoms with van der Waals surface area (Å²) in [5.74, 6) is -1.56. The molecular formula is C18H16N2O5. The number of ether oxygens (including phenoxy) is 1. The molecule has 1 unspecified atom stereocenters. The van der Waals surface area contributed by atoms with Gasteiger partial charge in [-0.25, -0.2) is 9.59 Å². The lowest BCUT2D eigenvalue weighted by atomic mass is 10.2. The lowest BCUT2D eigenvalue weighted by molar-refractivity contribution is -0.118. The molecule has 2 aromatic carbocycles. The van der Waals surface area contributed by atoms with Gasteiger partial charge in [0.05, 0.1) is 18.2 Å². The van der Waals surface area contributed by atoms with Crippen LogP contribution in [0.25, 0.3) is 11.1 Å². The van der Waals surface area contributed by atoms with E-state index in [2.05, 4.69) is 10.1 Å². The number of hydrogen-bond donors (Lipinski definition) is 1. The Morgan fingerprint density at radius 2 is 1.88 bits per heavy atom. The van der Waals surface area contributed by atoms with Crippen molar-refractivity contribution in [3.63, 3.8) is 0 Å². The molecule has 0 aliphatic rings. The highest BCUT2D eigenvalue weighted by molar-refractivity contribution is 5.95. The third-order valence-corrected chi connectivity index (χ3v) is 3.84. The number of oxazole rings is 1. The third kappa shape index (κ3) is 3.16. The number of rotatable bonds is 4. The normalized spacial score (nSPS) is 11.9. The number of nitrogens with zero attached hydrogens (tertiary/aromatic N) is 1. The zero-order valence-corrected chi connectivity index (χ0v) is 13.7. The predicted molar refractivity (Wildman–Crippen MR) is 91.6 cm³/mol. The second-order valence-corrected chi connectivity index (χ2v) is 5.44. The summed E-state index contributed by atoms with van der Waals surface area (Å²) < 4.78 is 11.1. The van der Waals surface area contributed by atoms with Crippen molar-refractivity contribution < 1.29 is 18.7 Å². The Hall–Kier alpha value is -3.35. The zero-order chi connectivity index (χ0) is 18.0. The van der Waals surface area contributed by atoms with E-state index in [9.17, 15) is 14.4 Å². The van der Waals surface area contributed by atoms with Crippen LogP contribution in [0.3, 0.4) is 0 Å². The number of hydrogen-bond acceptors (Lipinski definition) is 5. The number of fused-ring (bicyclic) bond motifs is 1. The molecule has 1 N–H and O–H groups in total. The van der Waals surface area contributed by atoms with Crippen LogP contribution in [0.15, 0.2) is 57.7 Å². The van der Waals surface area contributed by atoms with Gasteiger partial charge < -0.3 is 14.5 Å². The summed E-state index contributed by atoms with van der Waals surface area (Å²) in [7, 11) is 1.27. The number of nitrogens with one attached hydrogen (secondary N) is 1. The molecule has 7 nitrogen and oxygen atoms in total. The van der Waals surface area contributed by atoms with Crippen LogP contribution in [0, 0.1) is 0 Å². The van der Waals surface area contributed by atoms with Crippen molar-refractivity contribution in [1.29, 1.82) is 0 Å². The monoisotopic (exact) mass is 340 g/mol. The lowest BCUT2D eigenvalue weighted by Gasteiger charge is -2.13. The fraction of sp³-hybridized carbons (Fsp3) is 0.167. The van der Waals surface area contributed by atoms with Gasteiger partial charge in [0, 0.05) is 5.69 Å². The van der Waals surface area contributed by atoms with E-state index in [1.807, 2.05) is 6.07 Å². The number of carbonyl (C=O) groups is 2. The highest BCUT2D eigenvalue weighted by atomic mass is 16.5. The van der Waals surface area contributed by atoms with Crippen molar-refractivity contribution in [2.45, 2.75) is 13.0 Å². The molecule has 3 aromatic rings. The first-order chi connectivity index (χ1) is 12.0. The number of amides is 1. The largest absolute Gasteiger partial charge is 0.465 e. The first-order valence-electron chi connectivity index (χ1n) is 7.60. The van der Waals surface area contributed by atoms with Gasteiger partial charge in [0.2, 0.25) is 5.91 Å². The quantitative estimate of drug-likeness (QED) is 0.737. The molecule has 0 spiro atoms. The smallest absolute Gasteiger partial charge is 0.420 e. The van der Waals surface area contributed by atoms with Crippen molar-refractivity contribution in [2.75, 3.05) is 12.4 Å². The number of aromatic nitrogens is 1. The van der Waals surface area contributed by atoms with Crippen LogP contribution in [-0.4, -0.2) is 23.6 Å². The third-order valence-electron chi connectivity index (χ3n) is 3.84. The number of methoxy groups -OCH3 is 1. The fourth-order valence-electron chi connectivity index (χ4n) is 2.53. The summed E-state index contributed by atoms with van der Waals surface area (Å²) in [5.41, 5.74) is 1.53. The molecule has 7 heteroatoms. The minimum Gasteiger partial charge on any atom is -0.465 e. The van der Waals surface area contributed by atoms with Crippen molar-refractivity contribution in [3.8, 4) is 0 Å². The molecule has 3 rings (SSSR count). The van der Waals surface area contributed by atoms with Crippen LogP contribution in [0.2, 0.25) is 0 Å². The summed E-state index contributed by atoms with van der Waals surface area (Å²) in [6, 6.07) is 12.6. The second kappa shape index (κ2) is 6.64. The standard InChI is InChI=1S/C18H16N2O5/c1-11(16(21)19-13-6-4-3-5-7-13)20-14-9-8-12(17(22)24-2)10-15(14)25-18(20)23/h3-11H,1-2H3,(H,19,21). The van der Waals surface area contributed by atoms with Gasteiger partial charge >= 0.3 is 11.7 Å². The Bertz CT molecular complexity index is 988. The van der Waals surface area contributed by atoms with E-state index in [0.29, 0.717) is 11.2 Å². The molecule has 1 heterocycles. The Morgan fingerprint density at radius 3 is 2.56 bits per heavy atom. The summed E-state index contributed by atoms with van der Waals surface area (Å²) in [6.45, 7) is 1.60. The van der Waals surface area contributed by atoms with Gasteiger partial charge in [0.25, 0.3) is 0 Å². The average Bonchev–Trinajstić information content (AvgIpc) is 2.95. The molecule has 0 bridgehead atoms. The van der Waals surface area contributed by atoms with Gasteiger partial charge in [0.1, 0.15) is 6.04 Å². The maximum Gasteiger partial charge on any atom is 0.420 e. The lowest BCUT2D eigenvalue weighted by Crippen LogP contribution is -2.29. The molecule has 1 amide bonds. The molecule has 0 fully saturated rings. The van der Waals surface area contributed by atoms with Gasteiger partial charge in [0.15, 0.2) is 5.58 Å². The van der Waals surface area contributed by atoms with Gasteiger partial charge in [-0.1, -0.05) is 18.2 Å². The van der Waals surface area contributed by atoms with E-state index in [0.717, 1.165) is 0 Å². The Morgan fingerprint density at radius 1 is 1.16 bits per heavy atom. The van der Waals surface area contributed by atoms with E-state index < -0.39 is 17.8 Å². The molecule has 0 aliphatic heterocycles. The van der Waals surface area contributed by atoms with E-state index in [1.54, 1.807) is 37.3 Å². The minimum absolute atomic E-state index is 0.215. The van der Waals surface area contributed by atoms with Crippen LogP contribution >= 0.6 is 0 Å². The first kappa shape index (κ1) is 16.5. The maximum atomic E-state index is 12.4. The predicted octanol–water partition coefficient (Wildman–Crippen LogP) is 2.58. The Labute approximate surface area is 142 Å². The topological polar surface area (TPSA) is 90.5 Å². The number of carbonyl (C=O) groups excluding carboxylic acids is 2. The van der Waals surface area contributed by atoms with E-state index in [-0.39, 0.29) is 17.1 Å². The number of esters is 1. The maximum absolute atomic E-state index is 12.4. The summed E-state index contributed by atoms with van der Waals surface area (Å²) >= 11 is 0. The fourth-order valence-corrected chi connectivity index (χ4v) is 2.53. The average molecular weight is 340 g/mol. The van der Waals surface area contributed by atoms with E-state index >= 15 is 0 Å². The van der Waals surface area contributed by atoms with Crippen LogP contribution in [0.5, 0.6) is 0 Å². The molecule has 0 saturated heterocycles. The van der Waals surface area contributed by atoms with Gasteiger partial charge in [-0.15, -0.1) is 0 Å². The summed E-state index contributed by atoms with van der Waals surface area (Å²) in [4.78, 5) is 36.2. The summed E-state index contributed by atoms with van der Waals surface area (Å²) in [6.07, 6.45) is 0. The Balaban J connectivity index is 1.94. The van der Waals surface area contributed by atoms with Crippen molar-refractivity contribution in [2.24, 2.45) is 0 Å². The highest BCUT2D eigenvalue weighted by Gasteiger charge is 2.22. The first-order valence-corrected chi connectivity index (χ1v) is 7.60. The summed E-state index contributed by atoms with van der Waals surface area (Å²) in [5, 5.41) is 2.75. The van der Waals surface area contributed by atoms with Gasteiger partial charge in [-0.2, -0.15) is 0 Å². The van der Waals surface area contributed by atoms with Gasteiger partial charge in [-0.3, -0.25) is 9.36 Å². The molecule has 128 valence electrons. The van der Waals surface area contributed by atoms with E-state index in [4.69, 9.17) is 4.42 Å². The zero-order valence-electron chi connectivity index (χ0n) is 13.7. The van der Waals surface area contributed by atoms with Crippen LogP contribution in [0.4, 0.5) is 5.69 Å².